The first-order chi connectivity index (χ1) is 11.4. The van der Waals surface area contributed by atoms with Crippen molar-refractivity contribution in [3.05, 3.63) is 41.9 Å². The van der Waals surface area contributed by atoms with Crippen LogP contribution in [0, 0.1) is 0 Å². The van der Waals surface area contributed by atoms with Crippen LogP contribution in [0.5, 0.6) is 0 Å². The van der Waals surface area contributed by atoms with E-state index in [9.17, 15) is 13.2 Å². The van der Waals surface area contributed by atoms with Crippen LogP contribution in [-0.2, 0) is 14.8 Å². The van der Waals surface area contributed by atoms with Crippen LogP contribution in [0.4, 0.5) is 0 Å². The lowest BCUT2D eigenvalue weighted by atomic mass is 10.2. The molecule has 6 nitrogen and oxygen atoms in total. The average molecular weight is 372 g/mol. The number of nitrogens with zero attached hydrogens (tertiary/aromatic N) is 2. The van der Waals surface area contributed by atoms with Crippen LogP contribution in [0.2, 0.25) is 5.02 Å². The quantitative estimate of drug-likeness (QED) is 0.766. The Balaban J connectivity index is 1.98. The van der Waals surface area contributed by atoms with Gasteiger partial charge in [0.25, 0.3) is 0 Å². The second kappa shape index (κ2) is 8.11. The number of hydrogen-bond acceptors (Lipinski definition) is 4. The lowest BCUT2D eigenvalue weighted by Crippen LogP contribution is -2.54. The van der Waals surface area contributed by atoms with E-state index in [-0.39, 0.29) is 16.8 Å². The van der Waals surface area contributed by atoms with Crippen molar-refractivity contribution >= 4 is 27.5 Å². The highest BCUT2D eigenvalue weighted by atomic mass is 35.5. The molecule has 0 radical (unpaired) electrons. The van der Waals surface area contributed by atoms with Gasteiger partial charge in [-0.05, 0) is 31.2 Å². The fourth-order valence-corrected chi connectivity index (χ4v) is 4.12. The van der Waals surface area contributed by atoms with Gasteiger partial charge in [0.2, 0.25) is 15.9 Å². The summed E-state index contributed by atoms with van der Waals surface area (Å²) in [7, 11) is -3.53. The highest BCUT2D eigenvalue weighted by Crippen LogP contribution is 2.20. The smallest absolute Gasteiger partial charge is 0.243 e. The summed E-state index contributed by atoms with van der Waals surface area (Å²) in [5.74, 6) is -0.0797. The van der Waals surface area contributed by atoms with E-state index < -0.39 is 10.0 Å². The number of benzene rings is 1. The maximum Gasteiger partial charge on any atom is 0.243 e. The minimum Gasteiger partial charge on any atom is -0.351 e. The van der Waals surface area contributed by atoms with E-state index in [0.29, 0.717) is 37.7 Å². The highest BCUT2D eigenvalue weighted by molar-refractivity contribution is 7.89. The van der Waals surface area contributed by atoms with Crippen molar-refractivity contribution in [2.75, 3.05) is 32.7 Å². The summed E-state index contributed by atoms with van der Waals surface area (Å²) in [6, 6.07) is 5.85. The van der Waals surface area contributed by atoms with Gasteiger partial charge in [0, 0.05) is 37.7 Å². The van der Waals surface area contributed by atoms with Crippen molar-refractivity contribution < 1.29 is 13.2 Å². The Labute approximate surface area is 148 Å². The minimum absolute atomic E-state index is 0.0797. The molecule has 0 unspecified atom stereocenters. The average Bonchev–Trinajstić information content (AvgIpc) is 2.59. The maximum absolute atomic E-state index is 12.6. The van der Waals surface area contributed by atoms with E-state index in [1.807, 2.05) is 11.8 Å². The fourth-order valence-electron chi connectivity index (χ4n) is 2.57. The molecule has 0 spiro atoms. The molecule has 0 aliphatic carbocycles. The normalized spacial score (nSPS) is 18.1. The number of halogens is 1. The summed E-state index contributed by atoms with van der Waals surface area (Å²) < 4.78 is 26.7. The number of rotatable bonds is 6. The molecule has 132 valence electrons. The van der Waals surface area contributed by atoms with Crippen LogP contribution in [0.15, 0.2) is 41.8 Å². The summed E-state index contributed by atoms with van der Waals surface area (Å²) in [5, 5.41) is 3.26. The van der Waals surface area contributed by atoms with Crippen molar-refractivity contribution in [3.63, 3.8) is 0 Å². The first kappa shape index (κ1) is 18.9. The van der Waals surface area contributed by atoms with E-state index >= 15 is 0 Å². The zero-order chi connectivity index (χ0) is 17.7. The molecule has 1 aliphatic rings. The van der Waals surface area contributed by atoms with E-state index in [0.717, 1.165) is 0 Å². The monoisotopic (exact) mass is 371 g/mol. The maximum atomic E-state index is 12.6. The van der Waals surface area contributed by atoms with Crippen molar-refractivity contribution in [1.29, 1.82) is 0 Å². The van der Waals surface area contributed by atoms with Gasteiger partial charge in [-0.2, -0.15) is 4.31 Å². The van der Waals surface area contributed by atoms with Gasteiger partial charge < -0.3 is 5.32 Å². The molecule has 1 aromatic rings. The Morgan fingerprint density at radius 2 is 1.88 bits per heavy atom. The zero-order valence-electron chi connectivity index (χ0n) is 13.6. The van der Waals surface area contributed by atoms with E-state index in [1.165, 1.54) is 16.4 Å². The fraction of sp³-hybridized carbons (Fsp3) is 0.438. The van der Waals surface area contributed by atoms with Gasteiger partial charge in [-0.3, -0.25) is 9.69 Å². The first-order valence-corrected chi connectivity index (χ1v) is 9.56. The van der Waals surface area contributed by atoms with Crippen LogP contribution < -0.4 is 5.32 Å². The minimum atomic E-state index is -3.53. The largest absolute Gasteiger partial charge is 0.351 e. The Kier molecular flexibility index (Phi) is 6.40. The molecule has 24 heavy (non-hydrogen) atoms. The molecular weight excluding hydrogens is 350 g/mol. The molecule has 1 heterocycles. The molecule has 1 amide bonds. The van der Waals surface area contributed by atoms with Crippen molar-refractivity contribution in [2.24, 2.45) is 0 Å². The second-order valence-corrected chi connectivity index (χ2v) is 7.98. The summed E-state index contributed by atoms with van der Waals surface area (Å²) in [4.78, 5) is 14.2. The van der Waals surface area contributed by atoms with Gasteiger partial charge in [0.05, 0.1) is 10.9 Å². The van der Waals surface area contributed by atoms with Crippen molar-refractivity contribution in [2.45, 2.75) is 17.9 Å². The number of piperazine rings is 1. The molecule has 2 rings (SSSR count). The van der Waals surface area contributed by atoms with E-state index in [1.54, 1.807) is 18.2 Å². The molecule has 1 atom stereocenters. The number of sulfonamides is 1. The molecule has 1 N–H and O–H groups in total. The van der Waals surface area contributed by atoms with Gasteiger partial charge in [-0.1, -0.05) is 17.7 Å². The number of hydrogen-bond donors (Lipinski definition) is 1. The third-order valence-corrected chi connectivity index (χ3v) is 6.24. The lowest BCUT2D eigenvalue weighted by Gasteiger charge is -2.36. The van der Waals surface area contributed by atoms with E-state index in [4.69, 9.17) is 11.6 Å². The van der Waals surface area contributed by atoms with Crippen LogP contribution in [0.25, 0.3) is 0 Å². The van der Waals surface area contributed by atoms with Crippen LogP contribution in [-0.4, -0.2) is 62.3 Å². The standard InChI is InChI=1S/C16H22ClN3O3S/c1-3-8-18-16(21)13(2)19-9-11-20(12-10-19)24(22,23)15-6-4-14(17)5-7-15/h3-7,13H,1,8-12H2,2H3,(H,18,21)/t13-/m1/s1. The van der Waals surface area contributed by atoms with Crippen molar-refractivity contribution in [3.8, 4) is 0 Å². The van der Waals surface area contributed by atoms with Crippen LogP contribution in [0.3, 0.4) is 0 Å². The third kappa shape index (κ3) is 4.36. The second-order valence-electron chi connectivity index (χ2n) is 5.60. The summed E-state index contributed by atoms with van der Waals surface area (Å²) >= 11 is 5.81. The number of carbonyl (C=O) groups excluding carboxylic acids is 1. The number of carbonyl (C=O) groups is 1. The molecule has 1 aromatic carbocycles. The number of nitrogens with one attached hydrogen (secondary N) is 1. The zero-order valence-corrected chi connectivity index (χ0v) is 15.2. The Morgan fingerprint density at radius 3 is 2.42 bits per heavy atom. The highest BCUT2D eigenvalue weighted by Gasteiger charge is 2.31. The molecule has 0 bridgehead atoms. The third-order valence-electron chi connectivity index (χ3n) is 4.07. The first-order valence-electron chi connectivity index (χ1n) is 7.74. The topological polar surface area (TPSA) is 69.7 Å². The molecule has 8 heteroatoms. The van der Waals surface area contributed by atoms with Crippen LogP contribution in [0.1, 0.15) is 6.92 Å². The van der Waals surface area contributed by atoms with Gasteiger partial charge in [0.1, 0.15) is 0 Å². The molecule has 0 saturated carbocycles. The van der Waals surface area contributed by atoms with Crippen LogP contribution >= 0.6 is 11.6 Å². The van der Waals surface area contributed by atoms with Gasteiger partial charge in [-0.25, -0.2) is 8.42 Å². The predicted molar refractivity (Wildman–Crippen MR) is 94.5 cm³/mol. The number of amides is 1. The molecule has 0 aromatic heterocycles. The Hall–Kier alpha value is -1.41. The molecule has 1 fully saturated rings. The summed E-state index contributed by atoms with van der Waals surface area (Å²) in [5.41, 5.74) is 0. The Bertz CT molecular complexity index is 683. The van der Waals surface area contributed by atoms with Gasteiger partial charge in [-0.15, -0.1) is 6.58 Å². The molecule has 1 saturated heterocycles. The molecule has 1 aliphatic heterocycles. The summed E-state index contributed by atoms with van der Waals surface area (Å²) in [6.45, 7) is 7.53. The Morgan fingerprint density at radius 1 is 1.29 bits per heavy atom. The predicted octanol–water partition coefficient (Wildman–Crippen LogP) is 1.34. The van der Waals surface area contributed by atoms with Crippen molar-refractivity contribution in [1.82, 2.24) is 14.5 Å². The summed E-state index contributed by atoms with van der Waals surface area (Å²) in [6.07, 6.45) is 1.63. The molecular formula is C16H22ClN3O3S. The lowest BCUT2D eigenvalue weighted by molar-refractivity contribution is -0.126. The van der Waals surface area contributed by atoms with E-state index in [2.05, 4.69) is 11.9 Å². The van der Waals surface area contributed by atoms with Gasteiger partial charge >= 0.3 is 0 Å². The van der Waals surface area contributed by atoms with Gasteiger partial charge in [0.15, 0.2) is 0 Å². The SMILES string of the molecule is C=CCNC(=O)[C@@H](C)N1CCN(S(=O)(=O)c2ccc(Cl)cc2)CC1.